The van der Waals surface area contributed by atoms with Crippen molar-refractivity contribution in [3.8, 4) is 0 Å². The number of alkyl halides is 3. The van der Waals surface area contributed by atoms with E-state index in [1.807, 2.05) is 13.8 Å². The van der Waals surface area contributed by atoms with Crippen molar-refractivity contribution < 1.29 is 22.3 Å². The molecule has 0 aliphatic heterocycles. The highest BCUT2D eigenvalue weighted by molar-refractivity contribution is 5.15. The molecule has 1 aromatic rings. The van der Waals surface area contributed by atoms with Gasteiger partial charge < -0.3 is 14.5 Å². The fourth-order valence-corrected chi connectivity index (χ4v) is 1.22. The minimum absolute atomic E-state index is 0.0921. The van der Waals surface area contributed by atoms with E-state index in [2.05, 4.69) is 10.1 Å². The van der Waals surface area contributed by atoms with Crippen LogP contribution in [0, 0.1) is 0 Å². The van der Waals surface area contributed by atoms with Crippen LogP contribution in [0.1, 0.15) is 25.2 Å². The van der Waals surface area contributed by atoms with E-state index in [9.17, 15) is 13.2 Å². The van der Waals surface area contributed by atoms with Gasteiger partial charge in [-0.3, -0.25) is 0 Å². The van der Waals surface area contributed by atoms with Crippen molar-refractivity contribution >= 4 is 0 Å². The van der Waals surface area contributed by atoms with Gasteiger partial charge in [-0.15, -0.1) is 0 Å². The molecule has 1 rings (SSSR count). The minimum atomic E-state index is -4.29. The molecule has 0 spiro atoms. The molecule has 0 bridgehead atoms. The van der Waals surface area contributed by atoms with Gasteiger partial charge in [-0.1, -0.05) is 13.8 Å². The number of furan rings is 1. The maximum Gasteiger partial charge on any atom is 0.411 e. The zero-order chi connectivity index (χ0) is 12.9. The van der Waals surface area contributed by atoms with Crippen LogP contribution in [-0.4, -0.2) is 18.8 Å². The van der Waals surface area contributed by atoms with E-state index in [1.165, 1.54) is 6.26 Å². The van der Waals surface area contributed by atoms with E-state index in [1.54, 1.807) is 6.07 Å². The lowest BCUT2D eigenvalue weighted by atomic mass is 10.2. The number of halogens is 3. The first kappa shape index (κ1) is 14.1. The van der Waals surface area contributed by atoms with Crippen LogP contribution in [0.5, 0.6) is 0 Å². The number of ether oxygens (including phenoxy) is 1. The smallest absolute Gasteiger partial charge is 0.411 e. The van der Waals surface area contributed by atoms with Gasteiger partial charge in [-0.05, 0) is 6.07 Å². The predicted molar refractivity (Wildman–Crippen MR) is 56.4 cm³/mol. The first-order valence-corrected chi connectivity index (χ1v) is 5.31. The largest absolute Gasteiger partial charge is 0.468 e. The number of rotatable bonds is 6. The van der Waals surface area contributed by atoms with Crippen LogP contribution in [0.2, 0.25) is 0 Å². The maximum absolute atomic E-state index is 11.9. The zero-order valence-electron chi connectivity index (χ0n) is 9.80. The summed E-state index contributed by atoms with van der Waals surface area (Å²) < 4.78 is 45.4. The molecule has 0 radical (unpaired) electrons. The standard InChI is InChI=1S/C11H16F3NO2/c1-8(2)15-5-10-9(3-4-17-10)6-16-7-11(12,13)14/h3-4,8,15H,5-7H2,1-2H3. The zero-order valence-corrected chi connectivity index (χ0v) is 9.80. The van der Waals surface area contributed by atoms with Crippen molar-refractivity contribution in [3.05, 3.63) is 23.7 Å². The van der Waals surface area contributed by atoms with Crippen molar-refractivity contribution in [2.75, 3.05) is 6.61 Å². The van der Waals surface area contributed by atoms with Crippen molar-refractivity contribution in [3.63, 3.8) is 0 Å². The van der Waals surface area contributed by atoms with Crippen LogP contribution in [0.3, 0.4) is 0 Å². The summed E-state index contributed by atoms with van der Waals surface area (Å²) in [7, 11) is 0. The summed E-state index contributed by atoms with van der Waals surface area (Å²) >= 11 is 0. The Hall–Kier alpha value is -1.01. The fraction of sp³-hybridized carbons (Fsp3) is 0.636. The van der Waals surface area contributed by atoms with Crippen LogP contribution < -0.4 is 5.32 Å². The second-order valence-electron chi connectivity index (χ2n) is 4.01. The second kappa shape index (κ2) is 6.07. The van der Waals surface area contributed by atoms with Crippen molar-refractivity contribution in [1.29, 1.82) is 0 Å². The molecule has 0 fully saturated rings. The molecule has 0 saturated carbocycles. The van der Waals surface area contributed by atoms with Crippen LogP contribution in [0.4, 0.5) is 13.2 Å². The molecule has 1 heterocycles. The highest BCUT2D eigenvalue weighted by Gasteiger charge is 2.27. The highest BCUT2D eigenvalue weighted by Crippen LogP contribution is 2.17. The lowest BCUT2D eigenvalue weighted by molar-refractivity contribution is -0.176. The Bertz CT molecular complexity index is 334. The van der Waals surface area contributed by atoms with Crippen molar-refractivity contribution in [2.45, 2.75) is 39.2 Å². The Balaban J connectivity index is 2.40. The summed E-state index contributed by atoms with van der Waals surface area (Å²) in [6, 6.07) is 1.90. The molecular formula is C11H16F3NO2. The Morgan fingerprint density at radius 1 is 1.41 bits per heavy atom. The van der Waals surface area contributed by atoms with Gasteiger partial charge in [0, 0.05) is 11.6 Å². The Morgan fingerprint density at radius 3 is 2.71 bits per heavy atom. The maximum atomic E-state index is 11.9. The highest BCUT2D eigenvalue weighted by atomic mass is 19.4. The first-order chi connectivity index (χ1) is 7.88. The molecule has 98 valence electrons. The van der Waals surface area contributed by atoms with E-state index in [0.29, 0.717) is 17.9 Å². The van der Waals surface area contributed by atoms with Crippen molar-refractivity contribution in [1.82, 2.24) is 5.32 Å². The minimum Gasteiger partial charge on any atom is -0.468 e. The summed E-state index contributed by atoms with van der Waals surface area (Å²) in [6.07, 6.45) is -2.84. The molecule has 17 heavy (non-hydrogen) atoms. The summed E-state index contributed by atoms with van der Waals surface area (Å²) in [5.74, 6) is 0.612. The van der Waals surface area contributed by atoms with E-state index in [4.69, 9.17) is 4.42 Å². The Kier molecular flexibility index (Phi) is 5.02. The van der Waals surface area contributed by atoms with E-state index in [-0.39, 0.29) is 12.6 Å². The quantitative estimate of drug-likeness (QED) is 0.844. The van der Waals surface area contributed by atoms with Crippen LogP contribution in [0.15, 0.2) is 16.7 Å². The molecule has 0 unspecified atom stereocenters. The van der Waals surface area contributed by atoms with Crippen LogP contribution in [0.25, 0.3) is 0 Å². The summed E-state index contributed by atoms with van der Waals surface area (Å²) in [5, 5.41) is 3.12. The average Bonchev–Trinajstić information content (AvgIpc) is 2.60. The van der Waals surface area contributed by atoms with Gasteiger partial charge in [0.1, 0.15) is 12.4 Å². The van der Waals surface area contributed by atoms with Gasteiger partial charge in [0.2, 0.25) is 0 Å². The van der Waals surface area contributed by atoms with Gasteiger partial charge in [-0.2, -0.15) is 13.2 Å². The third-order valence-electron chi connectivity index (χ3n) is 2.03. The van der Waals surface area contributed by atoms with E-state index in [0.717, 1.165) is 0 Å². The summed E-state index contributed by atoms with van der Waals surface area (Å²) in [6.45, 7) is 3.10. The Morgan fingerprint density at radius 2 is 2.12 bits per heavy atom. The van der Waals surface area contributed by atoms with Gasteiger partial charge in [-0.25, -0.2) is 0 Å². The molecule has 1 N–H and O–H groups in total. The van der Waals surface area contributed by atoms with Gasteiger partial charge in [0.25, 0.3) is 0 Å². The number of hydrogen-bond acceptors (Lipinski definition) is 3. The number of hydrogen-bond donors (Lipinski definition) is 1. The molecule has 1 aromatic heterocycles. The molecule has 0 atom stereocenters. The fourth-order valence-electron chi connectivity index (χ4n) is 1.22. The normalized spacial score (nSPS) is 12.4. The molecular weight excluding hydrogens is 235 g/mol. The predicted octanol–water partition coefficient (Wildman–Crippen LogP) is 2.86. The molecule has 0 aromatic carbocycles. The average molecular weight is 251 g/mol. The SMILES string of the molecule is CC(C)NCc1occc1COCC(F)(F)F. The molecule has 3 nitrogen and oxygen atoms in total. The lowest BCUT2D eigenvalue weighted by Crippen LogP contribution is -2.22. The van der Waals surface area contributed by atoms with Crippen LogP contribution >= 0.6 is 0 Å². The molecule has 0 aliphatic rings. The van der Waals surface area contributed by atoms with Gasteiger partial charge >= 0.3 is 6.18 Å². The van der Waals surface area contributed by atoms with Gasteiger partial charge in [0.15, 0.2) is 0 Å². The number of nitrogens with one attached hydrogen (secondary N) is 1. The third-order valence-corrected chi connectivity index (χ3v) is 2.03. The van der Waals surface area contributed by atoms with E-state index < -0.39 is 12.8 Å². The third kappa shape index (κ3) is 5.74. The summed E-state index contributed by atoms with van der Waals surface area (Å²) in [5.41, 5.74) is 0.641. The second-order valence-corrected chi connectivity index (χ2v) is 4.01. The lowest BCUT2D eigenvalue weighted by Gasteiger charge is -2.09. The molecule has 0 aliphatic carbocycles. The topological polar surface area (TPSA) is 34.4 Å². The molecule has 0 saturated heterocycles. The monoisotopic (exact) mass is 251 g/mol. The van der Waals surface area contributed by atoms with Crippen molar-refractivity contribution in [2.24, 2.45) is 0 Å². The van der Waals surface area contributed by atoms with E-state index >= 15 is 0 Å². The summed E-state index contributed by atoms with van der Waals surface area (Å²) in [4.78, 5) is 0. The molecule has 6 heteroatoms. The first-order valence-electron chi connectivity index (χ1n) is 5.31. The Labute approximate surface area is 97.9 Å². The molecule has 0 amide bonds. The van der Waals surface area contributed by atoms with Crippen LogP contribution in [-0.2, 0) is 17.9 Å². The van der Waals surface area contributed by atoms with Gasteiger partial charge in [0.05, 0.1) is 19.4 Å².